The number of nitrogens with zero attached hydrogens (tertiary/aromatic N) is 1. The van der Waals surface area contributed by atoms with Gasteiger partial charge in [0, 0.05) is 11.0 Å². The van der Waals surface area contributed by atoms with Crippen LogP contribution in [0.4, 0.5) is 10.1 Å². The largest absolute Gasteiger partial charge is 0.466 e. The molecule has 0 fully saturated rings. The van der Waals surface area contributed by atoms with Gasteiger partial charge in [-0.1, -0.05) is 15.9 Å². The van der Waals surface area contributed by atoms with Crippen molar-refractivity contribution in [1.82, 2.24) is 4.90 Å². The van der Waals surface area contributed by atoms with Crippen LogP contribution in [0.1, 0.15) is 0 Å². The fraction of sp³-hybridized carbons (Fsp3) is 0.286. The first-order valence-corrected chi connectivity index (χ1v) is 7.21. The zero-order chi connectivity index (χ0) is 16.3. The van der Waals surface area contributed by atoms with Crippen molar-refractivity contribution in [3.63, 3.8) is 0 Å². The SMILES string of the molecule is COC(=O)C1=C(Nc2ccc(Br)cc2F)C(=O)N(CCO)C1. The molecule has 0 aliphatic carbocycles. The molecule has 118 valence electrons. The summed E-state index contributed by atoms with van der Waals surface area (Å²) in [5, 5.41) is 11.6. The molecule has 0 radical (unpaired) electrons. The normalized spacial score (nSPS) is 14.5. The average molecular weight is 373 g/mol. The number of hydrogen-bond acceptors (Lipinski definition) is 5. The molecule has 1 heterocycles. The summed E-state index contributed by atoms with van der Waals surface area (Å²) in [6, 6.07) is 4.30. The third-order valence-corrected chi connectivity index (χ3v) is 3.64. The van der Waals surface area contributed by atoms with E-state index in [0.29, 0.717) is 4.47 Å². The lowest BCUT2D eigenvalue weighted by Crippen LogP contribution is -2.31. The van der Waals surface area contributed by atoms with Gasteiger partial charge >= 0.3 is 5.97 Å². The highest BCUT2D eigenvalue weighted by Crippen LogP contribution is 2.25. The zero-order valence-corrected chi connectivity index (χ0v) is 13.3. The lowest BCUT2D eigenvalue weighted by molar-refractivity contribution is -0.136. The molecule has 2 N–H and O–H groups in total. The molecule has 0 bridgehead atoms. The monoisotopic (exact) mass is 372 g/mol. The molecule has 1 aromatic carbocycles. The molecule has 0 unspecified atom stereocenters. The quantitative estimate of drug-likeness (QED) is 0.760. The molecule has 1 aliphatic heterocycles. The van der Waals surface area contributed by atoms with E-state index in [1.165, 1.54) is 24.1 Å². The van der Waals surface area contributed by atoms with E-state index in [9.17, 15) is 14.0 Å². The number of anilines is 1. The number of rotatable bonds is 5. The van der Waals surface area contributed by atoms with E-state index in [1.54, 1.807) is 6.07 Å². The fourth-order valence-corrected chi connectivity index (χ4v) is 2.41. The van der Waals surface area contributed by atoms with Crippen LogP contribution in [0.2, 0.25) is 0 Å². The Labute approximate surface area is 134 Å². The van der Waals surface area contributed by atoms with E-state index >= 15 is 0 Å². The Morgan fingerprint density at radius 3 is 2.86 bits per heavy atom. The average Bonchev–Trinajstić information content (AvgIpc) is 2.79. The summed E-state index contributed by atoms with van der Waals surface area (Å²) in [7, 11) is 1.20. The van der Waals surface area contributed by atoms with Gasteiger partial charge in [-0.2, -0.15) is 0 Å². The highest BCUT2D eigenvalue weighted by atomic mass is 79.9. The van der Waals surface area contributed by atoms with Crippen LogP contribution in [0.5, 0.6) is 0 Å². The van der Waals surface area contributed by atoms with Crippen LogP contribution >= 0.6 is 15.9 Å². The van der Waals surface area contributed by atoms with Crippen molar-refractivity contribution >= 4 is 33.5 Å². The van der Waals surface area contributed by atoms with Gasteiger partial charge in [0.25, 0.3) is 5.91 Å². The second kappa shape index (κ2) is 6.89. The van der Waals surface area contributed by atoms with E-state index in [-0.39, 0.29) is 36.7 Å². The number of carbonyl (C=O) groups excluding carboxylic acids is 2. The standard InChI is InChI=1S/C14H14BrFN2O4/c1-22-14(21)9-7-18(4-5-19)13(20)12(9)17-11-3-2-8(15)6-10(11)16/h2-3,6,17,19H,4-5,7H2,1H3. The first kappa shape index (κ1) is 16.4. The summed E-state index contributed by atoms with van der Waals surface area (Å²) in [6.45, 7) is -0.153. The molecular formula is C14H14BrFN2O4. The van der Waals surface area contributed by atoms with E-state index in [0.717, 1.165) is 0 Å². The van der Waals surface area contributed by atoms with Crippen LogP contribution in [-0.2, 0) is 14.3 Å². The molecule has 1 aromatic rings. The first-order chi connectivity index (χ1) is 10.5. The first-order valence-electron chi connectivity index (χ1n) is 6.41. The van der Waals surface area contributed by atoms with E-state index in [1.807, 2.05) is 0 Å². The second-order valence-corrected chi connectivity index (χ2v) is 5.46. The minimum atomic E-state index is -0.672. The Balaban J connectivity index is 2.34. The van der Waals surface area contributed by atoms with Gasteiger partial charge in [0.2, 0.25) is 0 Å². The molecule has 1 aliphatic rings. The number of halogens is 2. The third-order valence-electron chi connectivity index (χ3n) is 3.14. The predicted octanol–water partition coefficient (Wildman–Crippen LogP) is 1.26. The van der Waals surface area contributed by atoms with Crippen molar-refractivity contribution in [3.8, 4) is 0 Å². The number of aliphatic hydroxyl groups excluding tert-OH is 1. The van der Waals surface area contributed by atoms with Crippen molar-refractivity contribution in [2.24, 2.45) is 0 Å². The molecule has 0 aromatic heterocycles. The summed E-state index contributed by atoms with van der Waals surface area (Å²) >= 11 is 3.14. The Kier molecular flexibility index (Phi) is 5.15. The zero-order valence-electron chi connectivity index (χ0n) is 11.7. The maximum Gasteiger partial charge on any atom is 0.337 e. The lowest BCUT2D eigenvalue weighted by atomic mass is 10.2. The van der Waals surface area contributed by atoms with Gasteiger partial charge in [-0.25, -0.2) is 9.18 Å². The number of aliphatic hydroxyl groups is 1. The van der Waals surface area contributed by atoms with E-state index in [4.69, 9.17) is 5.11 Å². The highest BCUT2D eigenvalue weighted by Gasteiger charge is 2.34. The van der Waals surface area contributed by atoms with E-state index in [2.05, 4.69) is 26.0 Å². The minimum absolute atomic E-state index is 0.00650. The number of esters is 1. The van der Waals surface area contributed by atoms with Crippen molar-refractivity contribution in [2.75, 3.05) is 32.1 Å². The van der Waals surface area contributed by atoms with Crippen molar-refractivity contribution in [3.05, 3.63) is 39.8 Å². The van der Waals surface area contributed by atoms with Gasteiger partial charge in [0.15, 0.2) is 0 Å². The molecule has 2 rings (SSSR count). The molecule has 0 saturated heterocycles. The number of hydrogen-bond donors (Lipinski definition) is 2. The predicted molar refractivity (Wildman–Crippen MR) is 80.4 cm³/mol. The van der Waals surface area contributed by atoms with Crippen LogP contribution in [-0.4, -0.2) is 48.7 Å². The maximum atomic E-state index is 13.9. The van der Waals surface area contributed by atoms with Gasteiger partial charge in [-0.05, 0) is 18.2 Å². The molecule has 0 spiro atoms. The van der Waals surface area contributed by atoms with Gasteiger partial charge in [0.05, 0.1) is 31.5 Å². The summed E-state index contributed by atoms with van der Waals surface area (Å²) in [5.41, 5.74) is 0.128. The van der Waals surface area contributed by atoms with Crippen molar-refractivity contribution in [2.45, 2.75) is 0 Å². The molecule has 1 amide bonds. The third kappa shape index (κ3) is 3.28. The van der Waals surface area contributed by atoms with Gasteiger partial charge < -0.3 is 20.1 Å². The summed E-state index contributed by atoms with van der Waals surface area (Å²) in [6.07, 6.45) is 0. The number of amides is 1. The summed E-state index contributed by atoms with van der Waals surface area (Å²) in [5.74, 6) is -1.73. The summed E-state index contributed by atoms with van der Waals surface area (Å²) < 4.78 is 19.1. The molecule has 8 heteroatoms. The van der Waals surface area contributed by atoms with Crippen LogP contribution in [0.3, 0.4) is 0 Å². The number of β-amino-alcohol motifs (C(OH)–C–C–N with tert-alkyl or cyclic N) is 1. The Morgan fingerprint density at radius 2 is 2.27 bits per heavy atom. The Hall–Kier alpha value is -1.93. The lowest BCUT2D eigenvalue weighted by Gasteiger charge is -2.15. The molecular weight excluding hydrogens is 359 g/mol. The van der Waals surface area contributed by atoms with E-state index < -0.39 is 17.7 Å². The number of carbonyl (C=O) groups is 2. The maximum absolute atomic E-state index is 13.9. The van der Waals surface area contributed by atoms with Gasteiger partial charge in [-0.15, -0.1) is 0 Å². The second-order valence-electron chi connectivity index (χ2n) is 4.54. The molecule has 22 heavy (non-hydrogen) atoms. The number of benzene rings is 1. The molecule has 6 nitrogen and oxygen atoms in total. The topological polar surface area (TPSA) is 78.9 Å². The van der Waals surface area contributed by atoms with Crippen LogP contribution in [0.25, 0.3) is 0 Å². The van der Waals surface area contributed by atoms with Crippen molar-refractivity contribution in [1.29, 1.82) is 0 Å². The van der Waals surface area contributed by atoms with Gasteiger partial charge in [-0.3, -0.25) is 4.79 Å². The van der Waals surface area contributed by atoms with Crippen molar-refractivity contribution < 1.29 is 23.8 Å². The Bertz CT molecular complexity index is 648. The van der Waals surface area contributed by atoms with Crippen LogP contribution < -0.4 is 5.32 Å². The summed E-state index contributed by atoms with van der Waals surface area (Å²) in [4.78, 5) is 25.3. The van der Waals surface area contributed by atoms with Crippen LogP contribution in [0, 0.1) is 5.82 Å². The number of methoxy groups -OCH3 is 1. The highest BCUT2D eigenvalue weighted by molar-refractivity contribution is 9.10. The number of ether oxygens (including phenoxy) is 1. The molecule has 0 saturated carbocycles. The van der Waals surface area contributed by atoms with Crippen LogP contribution in [0.15, 0.2) is 33.9 Å². The number of nitrogens with one attached hydrogen (secondary N) is 1. The smallest absolute Gasteiger partial charge is 0.337 e. The Morgan fingerprint density at radius 1 is 1.55 bits per heavy atom. The molecule has 0 atom stereocenters. The minimum Gasteiger partial charge on any atom is -0.466 e. The van der Waals surface area contributed by atoms with Gasteiger partial charge in [0.1, 0.15) is 11.5 Å². The fourth-order valence-electron chi connectivity index (χ4n) is 2.07.